The molecule has 0 radical (unpaired) electrons. The van der Waals surface area contributed by atoms with Gasteiger partial charge in [0.2, 0.25) is 0 Å². The van der Waals surface area contributed by atoms with Crippen molar-refractivity contribution in [2.75, 3.05) is 38.1 Å². The third-order valence-electron chi connectivity index (χ3n) is 4.13. The van der Waals surface area contributed by atoms with E-state index in [0.29, 0.717) is 11.4 Å². The minimum Gasteiger partial charge on any atom is -0.397 e. The molecule has 0 aromatic heterocycles. The molecule has 1 saturated heterocycles. The lowest BCUT2D eigenvalue weighted by Crippen LogP contribution is -2.44. The van der Waals surface area contributed by atoms with E-state index in [4.69, 9.17) is 11.5 Å². The van der Waals surface area contributed by atoms with Gasteiger partial charge in [-0.2, -0.15) is 0 Å². The zero-order chi connectivity index (χ0) is 17.0. The molecule has 0 aliphatic carbocycles. The molecule has 0 spiro atoms. The van der Waals surface area contributed by atoms with Gasteiger partial charge in [0.15, 0.2) is 0 Å². The van der Waals surface area contributed by atoms with Gasteiger partial charge in [-0.1, -0.05) is 0 Å². The SMILES string of the molecule is C=N/C=C(N)\C(N)=C(/C)c1cc(F)cc(N2CCN(C)CC2)c1. The number of hydrogen-bond donors (Lipinski definition) is 2. The Labute approximate surface area is 136 Å². The van der Waals surface area contributed by atoms with Crippen molar-refractivity contribution in [3.8, 4) is 0 Å². The summed E-state index contributed by atoms with van der Waals surface area (Å²) in [6, 6.07) is 4.98. The van der Waals surface area contributed by atoms with Crippen molar-refractivity contribution >= 4 is 18.0 Å². The van der Waals surface area contributed by atoms with E-state index >= 15 is 0 Å². The van der Waals surface area contributed by atoms with E-state index in [9.17, 15) is 4.39 Å². The topological polar surface area (TPSA) is 70.9 Å². The molecule has 1 heterocycles. The van der Waals surface area contributed by atoms with Gasteiger partial charge in [-0.25, -0.2) is 4.39 Å². The van der Waals surface area contributed by atoms with Gasteiger partial charge in [0, 0.05) is 31.9 Å². The standard InChI is InChI=1S/C17H24FN5/c1-12(17(20)16(19)11-21-2)13-8-14(18)10-15(9-13)23-6-4-22(3)5-7-23/h8-11H,2,4-7,19-20H2,1,3H3/b16-11+,17-12-. The molecule has 0 atom stereocenters. The monoisotopic (exact) mass is 317 g/mol. The molecule has 124 valence electrons. The summed E-state index contributed by atoms with van der Waals surface area (Å²) >= 11 is 0. The second-order valence-electron chi connectivity index (χ2n) is 5.79. The van der Waals surface area contributed by atoms with E-state index in [1.807, 2.05) is 13.0 Å². The number of rotatable bonds is 4. The van der Waals surface area contributed by atoms with Crippen LogP contribution in [-0.2, 0) is 0 Å². The molecule has 1 aromatic carbocycles. The Kier molecular flexibility index (Phi) is 5.39. The maximum Gasteiger partial charge on any atom is 0.125 e. The minimum atomic E-state index is -0.284. The van der Waals surface area contributed by atoms with Crippen LogP contribution in [-0.4, -0.2) is 44.8 Å². The highest BCUT2D eigenvalue weighted by molar-refractivity contribution is 5.72. The van der Waals surface area contributed by atoms with Crippen molar-refractivity contribution < 1.29 is 4.39 Å². The lowest BCUT2D eigenvalue weighted by Gasteiger charge is -2.34. The molecular weight excluding hydrogens is 293 g/mol. The minimum absolute atomic E-state index is 0.284. The third-order valence-corrected chi connectivity index (χ3v) is 4.13. The average molecular weight is 317 g/mol. The number of nitrogens with zero attached hydrogens (tertiary/aromatic N) is 3. The first-order valence-electron chi connectivity index (χ1n) is 7.55. The van der Waals surface area contributed by atoms with Crippen LogP contribution in [0.1, 0.15) is 12.5 Å². The zero-order valence-electron chi connectivity index (χ0n) is 13.7. The van der Waals surface area contributed by atoms with Gasteiger partial charge in [-0.3, -0.25) is 4.99 Å². The molecule has 1 aliphatic rings. The van der Waals surface area contributed by atoms with Crippen LogP contribution in [0, 0.1) is 5.82 Å². The predicted molar refractivity (Wildman–Crippen MR) is 94.7 cm³/mol. The molecule has 0 amide bonds. The first-order chi connectivity index (χ1) is 10.9. The largest absolute Gasteiger partial charge is 0.397 e. The molecule has 1 aromatic rings. The van der Waals surface area contributed by atoms with Crippen molar-refractivity contribution in [3.63, 3.8) is 0 Å². The normalized spacial score (nSPS) is 17.9. The molecular formula is C17H24FN5. The van der Waals surface area contributed by atoms with Crippen LogP contribution in [0.3, 0.4) is 0 Å². The maximum atomic E-state index is 14.1. The molecule has 1 fully saturated rings. The molecule has 1 aliphatic heterocycles. The molecule has 0 bridgehead atoms. The fourth-order valence-electron chi connectivity index (χ4n) is 2.58. The summed E-state index contributed by atoms with van der Waals surface area (Å²) in [4.78, 5) is 8.05. The van der Waals surface area contributed by atoms with E-state index in [0.717, 1.165) is 43.0 Å². The molecule has 4 N–H and O–H groups in total. The summed E-state index contributed by atoms with van der Waals surface area (Å²) < 4.78 is 14.1. The number of likely N-dealkylation sites (N-methyl/N-ethyl adjacent to an activating group) is 1. The summed E-state index contributed by atoms with van der Waals surface area (Å²) in [5.74, 6) is -0.284. The maximum absolute atomic E-state index is 14.1. The van der Waals surface area contributed by atoms with Gasteiger partial charge >= 0.3 is 0 Å². The summed E-state index contributed by atoms with van der Waals surface area (Å²) in [7, 11) is 2.09. The van der Waals surface area contributed by atoms with E-state index in [1.54, 1.807) is 6.07 Å². The van der Waals surface area contributed by atoms with Crippen molar-refractivity contribution in [1.82, 2.24) is 4.90 Å². The molecule has 5 nitrogen and oxygen atoms in total. The highest BCUT2D eigenvalue weighted by Gasteiger charge is 2.16. The Morgan fingerprint density at radius 2 is 1.87 bits per heavy atom. The summed E-state index contributed by atoms with van der Waals surface area (Å²) in [5, 5.41) is 0. The third kappa shape index (κ3) is 4.10. The van der Waals surface area contributed by atoms with Crippen molar-refractivity contribution in [1.29, 1.82) is 0 Å². The number of allylic oxidation sites excluding steroid dienone is 1. The Hall–Kier alpha value is -2.34. The lowest BCUT2D eigenvalue weighted by atomic mass is 10.0. The first kappa shape index (κ1) is 17.0. The van der Waals surface area contributed by atoms with Gasteiger partial charge in [-0.15, -0.1) is 0 Å². The van der Waals surface area contributed by atoms with Crippen LogP contribution < -0.4 is 16.4 Å². The lowest BCUT2D eigenvalue weighted by molar-refractivity contribution is 0.312. The molecule has 23 heavy (non-hydrogen) atoms. The van der Waals surface area contributed by atoms with Crippen LogP contribution in [0.15, 0.2) is 40.8 Å². The number of hydrogen-bond acceptors (Lipinski definition) is 5. The van der Waals surface area contributed by atoms with Gasteiger partial charge in [-0.05, 0) is 50.0 Å². The number of halogens is 1. The fraction of sp³-hybridized carbons (Fsp3) is 0.353. The Balaban J connectivity index is 2.35. The summed E-state index contributed by atoms with van der Waals surface area (Å²) in [6.45, 7) is 8.85. The van der Waals surface area contributed by atoms with E-state index in [2.05, 4.69) is 28.6 Å². The van der Waals surface area contributed by atoms with Crippen LogP contribution in [0.2, 0.25) is 0 Å². The predicted octanol–water partition coefficient (Wildman–Crippen LogP) is 1.77. The van der Waals surface area contributed by atoms with Gasteiger partial charge in [0.25, 0.3) is 0 Å². The first-order valence-corrected chi connectivity index (χ1v) is 7.55. The molecule has 6 heteroatoms. The number of piperazine rings is 1. The molecule has 0 unspecified atom stereocenters. The highest BCUT2D eigenvalue weighted by atomic mass is 19.1. The van der Waals surface area contributed by atoms with Crippen LogP contribution >= 0.6 is 0 Å². The smallest absolute Gasteiger partial charge is 0.125 e. The number of benzene rings is 1. The molecule has 2 rings (SSSR count). The Morgan fingerprint density at radius 3 is 2.48 bits per heavy atom. The van der Waals surface area contributed by atoms with Gasteiger partial charge in [0.05, 0.1) is 17.6 Å². The highest BCUT2D eigenvalue weighted by Crippen LogP contribution is 2.26. The van der Waals surface area contributed by atoms with Gasteiger partial charge in [0.1, 0.15) is 5.82 Å². The summed E-state index contributed by atoms with van der Waals surface area (Å²) in [6.07, 6.45) is 1.39. The zero-order valence-corrected chi connectivity index (χ0v) is 13.7. The second kappa shape index (κ2) is 7.28. The van der Waals surface area contributed by atoms with Crippen LogP contribution in [0.5, 0.6) is 0 Å². The van der Waals surface area contributed by atoms with Gasteiger partial charge < -0.3 is 21.3 Å². The number of aliphatic imine (C=N–C) groups is 1. The van der Waals surface area contributed by atoms with Crippen molar-refractivity contribution in [2.45, 2.75) is 6.92 Å². The summed E-state index contributed by atoms with van der Waals surface area (Å²) in [5.41, 5.74) is 14.9. The van der Waals surface area contributed by atoms with E-state index in [1.165, 1.54) is 12.3 Å². The van der Waals surface area contributed by atoms with E-state index in [-0.39, 0.29) is 5.82 Å². The Bertz CT molecular complexity index is 642. The Morgan fingerprint density at radius 1 is 1.22 bits per heavy atom. The van der Waals surface area contributed by atoms with Crippen LogP contribution in [0.4, 0.5) is 10.1 Å². The average Bonchev–Trinajstić information content (AvgIpc) is 2.53. The van der Waals surface area contributed by atoms with Crippen LogP contribution in [0.25, 0.3) is 5.57 Å². The molecule has 0 saturated carbocycles. The number of anilines is 1. The number of nitrogens with two attached hydrogens (primary N) is 2. The quantitative estimate of drug-likeness (QED) is 0.656. The fourth-order valence-corrected chi connectivity index (χ4v) is 2.58. The van der Waals surface area contributed by atoms with E-state index < -0.39 is 0 Å². The van der Waals surface area contributed by atoms with Crippen molar-refractivity contribution in [3.05, 3.63) is 47.2 Å². The van der Waals surface area contributed by atoms with Crippen molar-refractivity contribution in [2.24, 2.45) is 16.5 Å². The second-order valence-corrected chi connectivity index (χ2v) is 5.79.